The van der Waals surface area contributed by atoms with E-state index in [0.29, 0.717) is 33.3 Å². The first-order chi connectivity index (χ1) is 24.8. The van der Waals surface area contributed by atoms with Gasteiger partial charge in [0.1, 0.15) is 17.1 Å². The van der Waals surface area contributed by atoms with Gasteiger partial charge in [-0.15, -0.1) is 0 Å². The van der Waals surface area contributed by atoms with Crippen LogP contribution < -0.4 is 10.0 Å². The molecule has 3 aromatic rings. The molecule has 1 saturated carbocycles. The fourth-order valence-electron chi connectivity index (χ4n) is 8.06. The number of carbonyl (C=O) groups excluding carboxylic acids is 4. The number of rotatable bonds is 5. The van der Waals surface area contributed by atoms with Crippen molar-refractivity contribution in [2.24, 2.45) is 29.6 Å². The molecule has 4 heterocycles. The van der Waals surface area contributed by atoms with Crippen molar-refractivity contribution in [1.82, 2.24) is 20.0 Å². The molecule has 0 unspecified atom stereocenters. The van der Waals surface area contributed by atoms with E-state index in [1.54, 1.807) is 12.1 Å². The number of hydrogen-bond acceptors (Lipinski definition) is 9. The molecule has 0 radical (unpaired) electrons. The van der Waals surface area contributed by atoms with Crippen molar-refractivity contribution >= 4 is 58.5 Å². The Kier molecular flexibility index (Phi) is 8.67. The third kappa shape index (κ3) is 5.84. The fraction of sp³-hybridized carbons (Fsp3) is 0.353. The van der Waals surface area contributed by atoms with E-state index in [-0.39, 0.29) is 28.6 Å². The normalized spacial score (nSPS) is 25.7. The van der Waals surface area contributed by atoms with Crippen molar-refractivity contribution in [2.75, 3.05) is 24.1 Å². The summed E-state index contributed by atoms with van der Waals surface area (Å²) < 4.78 is 81.4. The Hall–Kier alpha value is -4.90. The van der Waals surface area contributed by atoms with Gasteiger partial charge in [0.15, 0.2) is 11.6 Å². The highest BCUT2D eigenvalue weighted by atomic mass is 35.5. The second-order valence-corrected chi connectivity index (χ2v) is 14.0. The molecule has 278 valence electrons. The molecular weight excluding hydrogens is 757 g/mol. The number of aromatic nitrogens is 2. The molecule has 4 amide bonds. The van der Waals surface area contributed by atoms with E-state index in [4.69, 9.17) is 23.2 Å². The quantitative estimate of drug-likeness (QED) is 0.181. The molecule has 2 aliphatic heterocycles. The van der Waals surface area contributed by atoms with E-state index >= 15 is 0 Å². The van der Waals surface area contributed by atoms with E-state index < -0.39 is 94.5 Å². The number of nitrogens with zero attached hydrogens (tertiary/aromatic N) is 6. The Morgan fingerprint density at radius 3 is 1.74 bits per heavy atom. The molecule has 1 aromatic carbocycles. The van der Waals surface area contributed by atoms with Crippen molar-refractivity contribution < 1.29 is 50.6 Å². The van der Waals surface area contributed by atoms with Gasteiger partial charge in [0.25, 0.3) is 23.6 Å². The molecule has 6 atom stereocenters. The van der Waals surface area contributed by atoms with Crippen LogP contribution in [0.1, 0.15) is 35.7 Å². The molecule has 3 fully saturated rings. The standard InChI is InChI=1S/C34H26Cl2F6N6O5/c1-45(27-20(35)8-10-22(43-27)33(37,38)39)47-29(50)17-7-6-16-18(25(17)31(47)52)13-19-26(24(16)14-4-3-5-15(49)12-14)32(53)48(30(19)51)46(2)28-21(36)9-11-23(44-28)34(40,41)42/h3-6,8-12,17-19,24-26,49H,7,13H2,1-2H3/t17-,18+,19+,24-,25-,26+/m0/s1. The second-order valence-electron chi connectivity index (χ2n) is 13.1. The van der Waals surface area contributed by atoms with Gasteiger partial charge in [0.05, 0.1) is 33.7 Å². The zero-order valence-electron chi connectivity index (χ0n) is 27.4. The van der Waals surface area contributed by atoms with E-state index in [2.05, 4.69) is 9.97 Å². The van der Waals surface area contributed by atoms with Gasteiger partial charge >= 0.3 is 12.4 Å². The van der Waals surface area contributed by atoms with E-state index in [0.717, 1.165) is 29.2 Å². The zero-order chi connectivity index (χ0) is 38.5. The first-order valence-corrected chi connectivity index (χ1v) is 16.8. The van der Waals surface area contributed by atoms with Gasteiger partial charge in [-0.2, -0.15) is 36.4 Å². The van der Waals surface area contributed by atoms with Gasteiger partial charge in [-0.05, 0) is 60.7 Å². The number of hydrogen-bond donors (Lipinski definition) is 1. The third-order valence-corrected chi connectivity index (χ3v) is 10.9. The first kappa shape index (κ1) is 36.5. The van der Waals surface area contributed by atoms with Crippen LogP contribution in [0, 0.1) is 29.6 Å². The van der Waals surface area contributed by atoms with Crippen LogP contribution in [0.25, 0.3) is 0 Å². The molecule has 2 saturated heterocycles. The number of phenolic OH excluding ortho intramolecular Hbond substituents is 1. The molecule has 0 spiro atoms. The molecule has 11 nitrogen and oxygen atoms in total. The molecule has 2 aromatic heterocycles. The van der Waals surface area contributed by atoms with Crippen molar-refractivity contribution in [2.45, 2.75) is 31.1 Å². The Bertz CT molecular complexity index is 2110. The second kappa shape index (κ2) is 12.6. The SMILES string of the molecule is CN(c1nc(C(F)(F)F)ccc1Cl)N1C(=O)[C@H]2[C@H](CC=C3[C@H]2C[C@H]2C(=O)N(N(C)c4nc(C(F)(F)F)ccc4Cl)C(=O)[C@H]2[C@H]3c2cccc(O)c2)C1=O. The number of amides is 4. The maximum Gasteiger partial charge on any atom is 0.433 e. The van der Waals surface area contributed by atoms with Gasteiger partial charge in [0.2, 0.25) is 0 Å². The number of alkyl halides is 6. The van der Waals surface area contributed by atoms with Gasteiger partial charge in [-0.1, -0.05) is 47.0 Å². The Labute approximate surface area is 306 Å². The molecule has 53 heavy (non-hydrogen) atoms. The zero-order valence-corrected chi connectivity index (χ0v) is 28.9. The monoisotopic (exact) mass is 782 g/mol. The summed E-state index contributed by atoms with van der Waals surface area (Å²) in [7, 11) is 2.33. The Morgan fingerprint density at radius 2 is 1.23 bits per heavy atom. The van der Waals surface area contributed by atoms with Crippen molar-refractivity contribution in [1.29, 1.82) is 0 Å². The lowest BCUT2D eigenvalue weighted by Gasteiger charge is -2.43. The largest absolute Gasteiger partial charge is 0.508 e. The van der Waals surface area contributed by atoms with Crippen LogP contribution in [0.3, 0.4) is 0 Å². The van der Waals surface area contributed by atoms with E-state index in [1.165, 1.54) is 25.2 Å². The van der Waals surface area contributed by atoms with Gasteiger partial charge in [-0.3, -0.25) is 29.2 Å². The maximum atomic E-state index is 14.3. The van der Waals surface area contributed by atoms with Crippen LogP contribution >= 0.6 is 23.2 Å². The van der Waals surface area contributed by atoms with E-state index in [1.807, 2.05) is 0 Å². The number of hydrazine groups is 2. The number of aromatic hydroxyl groups is 1. The van der Waals surface area contributed by atoms with Gasteiger partial charge in [-0.25, -0.2) is 9.97 Å². The number of imide groups is 2. The van der Waals surface area contributed by atoms with Crippen LogP contribution in [-0.2, 0) is 31.5 Å². The van der Waals surface area contributed by atoms with Crippen LogP contribution in [-0.4, -0.2) is 62.8 Å². The lowest BCUT2D eigenvalue weighted by Crippen LogP contribution is -2.46. The average molecular weight is 784 g/mol. The summed E-state index contributed by atoms with van der Waals surface area (Å²) in [5, 5.41) is 12.9. The number of carbonyl (C=O) groups is 4. The molecular formula is C34H26Cl2F6N6O5. The summed E-state index contributed by atoms with van der Waals surface area (Å²) >= 11 is 12.4. The third-order valence-electron chi connectivity index (χ3n) is 10.3. The molecule has 2 aliphatic carbocycles. The minimum absolute atomic E-state index is 0.0165. The number of benzene rings is 1. The van der Waals surface area contributed by atoms with Crippen molar-refractivity contribution in [3.63, 3.8) is 0 Å². The van der Waals surface area contributed by atoms with Crippen molar-refractivity contribution in [3.05, 3.63) is 87.2 Å². The lowest BCUT2D eigenvalue weighted by molar-refractivity contribution is -0.143. The Balaban J connectivity index is 1.28. The van der Waals surface area contributed by atoms with Crippen LogP contribution in [0.2, 0.25) is 10.0 Å². The smallest absolute Gasteiger partial charge is 0.433 e. The predicted octanol–water partition coefficient (Wildman–Crippen LogP) is 6.27. The van der Waals surface area contributed by atoms with Gasteiger partial charge < -0.3 is 5.11 Å². The molecule has 4 aliphatic rings. The van der Waals surface area contributed by atoms with Crippen LogP contribution in [0.15, 0.2) is 60.2 Å². The molecule has 19 heteroatoms. The highest BCUT2D eigenvalue weighted by Crippen LogP contribution is 2.58. The number of pyridine rings is 2. The molecule has 0 bridgehead atoms. The number of allylic oxidation sites excluding steroid dienone is 2. The van der Waals surface area contributed by atoms with E-state index in [9.17, 15) is 50.6 Å². The van der Waals surface area contributed by atoms with Gasteiger partial charge in [0, 0.05) is 20.0 Å². The summed E-state index contributed by atoms with van der Waals surface area (Å²) in [4.78, 5) is 63.9. The highest BCUT2D eigenvalue weighted by Gasteiger charge is 2.63. The highest BCUT2D eigenvalue weighted by molar-refractivity contribution is 6.33. The predicted molar refractivity (Wildman–Crippen MR) is 175 cm³/mol. The minimum Gasteiger partial charge on any atom is -0.508 e. The average Bonchev–Trinajstić information content (AvgIpc) is 3.49. The van der Waals surface area contributed by atoms with Crippen LogP contribution in [0.4, 0.5) is 38.0 Å². The number of halogens is 8. The van der Waals surface area contributed by atoms with Crippen LogP contribution in [0.5, 0.6) is 5.75 Å². The number of fused-ring (bicyclic) bond motifs is 4. The summed E-state index contributed by atoms with van der Waals surface area (Å²) in [6.07, 6.45) is -8.21. The number of anilines is 2. The summed E-state index contributed by atoms with van der Waals surface area (Å²) in [6, 6.07) is 9.07. The summed E-state index contributed by atoms with van der Waals surface area (Å²) in [6.45, 7) is 0. The van der Waals surface area contributed by atoms with Crippen molar-refractivity contribution in [3.8, 4) is 5.75 Å². The Morgan fingerprint density at radius 1 is 0.717 bits per heavy atom. The first-order valence-electron chi connectivity index (χ1n) is 16.0. The topological polar surface area (TPSA) is 127 Å². The lowest BCUT2D eigenvalue weighted by atomic mass is 9.57. The molecule has 1 N–H and O–H groups in total. The fourth-order valence-corrected chi connectivity index (χ4v) is 8.52. The summed E-state index contributed by atoms with van der Waals surface area (Å²) in [5.41, 5.74) is -1.72. The summed E-state index contributed by atoms with van der Waals surface area (Å²) in [5.74, 6) is -10.6. The minimum atomic E-state index is -4.87. The maximum absolute atomic E-state index is 14.3. The number of phenols is 1. The molecule has 7 rings (SSSR count).